The highest BCUT2D eigenvalue weighted by Crippen LogP contribution is 2.08. The third-order valence-electron chi connectivity index (χ3n) is 1.92. The van der Waals surface area contributed by atoms with Crippen molar-refractivity contribution < 1.29 is 19.1 Å². The molecule has 7 nitrogen and oxygen atoms in total. The molecular formula is C20H43N3O4. The van der Waals surface area contributed by atoms with Gasteiger partial charge in [0.2, 0.25) is 12.3 Å². The van der Waals surface area contributed by atoms with Crippen LogP contribution in [0, 0.1) is 0 Å². The molecule has 162 valence electrons. The molecule has 0 unspecified atom stereocenters. The zero-order chi connectivity index (χ0) is 22.7. The quantitative estimate of drug-likeness (QED) is 0.595. The molecule has 0 aliphatic heterocycles. The summed E-state index contributed by atoms with van der Waals surface area (Å²) in [6.45, 7) is 24.4. The molecule has 27 heavy (non-hydrogen) atoms. The van der Waals surface area contributed by atoms with Crippen LogP contribution in [0.2, 0.25) is 0 Å². The van der Waals surface area contributed by atoms with Gasteiger partial charge in [0, 0.05) is 23.5 Å². The lowest BCUT2D eigenvalue weighted by Gasteiger charge is -2.25. The lowest BCUT2D eigenvalue weighted by molar-refractivity contribution is -0.120. The average molecular weight is 390 g/mol. The molecule has 0 spiro atoms. The van der Waals surface area contributed by atoms with Gasteiger partial charge in [0.05, 0.1) is 0 Å². The van der Waals surface area contributed by atoms with E-state index < -0.39 is 5.60 Å². The molecule has 0 aliphatic carbocycles. The zero-order valence-electron chi connectivity index (χ0n) is 19.7. The fourth-order valence-corrected chi connectivity index (χ4v) is 1.31. The van der Waals surface area contributed by atoms with Gasteiger partial charge in [0.15, 0.2) is 0 Å². The van der Waals surface area contributed by atoms with Crippen LogP contribution in [0.25, 0.3) is 0 Å². The summed E-state index contributed by atoms with van der Waals surface area (Å²) in [5, 5.41) is 8.06. The van der Waals surface area contributed by atoms with E-state index in [2.05, 4.69) is 16.0 Å². The molecule has 0 fully saturated rings. The van der Waals surface area contributed by atoms with Crippen LogP contribution in [0.4, 0.5) is 4.79 Å². The molecule has 0 aliphatic rings. The number of amides is 3. The summed E-state index contributed by atoms with van der Waals surface area (Å²) in [6, 6.07) is 0. The maximum Gasteiger partial charge on any atom is 0.408 e. The van der Waals surface area contributed by atoms with Crippen molar-refractivity contribution >= 4 is 18.4 Å². The van der Waals surface area contributed by atoms with E-state index in [1.165, 1.54) is 6.92 Å². The van der Waals surface area contributed by atoms with Crippen LogP contribution in [0.15, 0.2) is 0 Å². The van der Waals surface area contributed by atoms with Gasteiger partial charge in [-0.05, 0) is 83.1 Å². The van der Waals surface area contributed by atoms with Gasteiger partial charge < -0.3 is 20.7 Å². The Morgan fingerprint density at radius 1 is 0.704 bits per heavy atom. The van der Waals surface area contributed by atoms with Gasteiger partial charge in [-0.25, -0.2) is 4.79 Å². The van der Waals surface area contributed by atoms with Gasteiger partial charge in [-0.15, -0.1) is 0 Å². The fraction of sp³-hybridized carbons (Fsp3) is 0.850. The molecule has 0 bridgehead atoms. The predicted octanol–water partition coefficient (Wildman–Crippen LogP) is 3.76. The third kappa shape index (κ3) is 40.3. The predicted molar refractivity (Wildman–Crippen MR) is 112 cm³/mol. The smallest absolute Gasteiger partial charge is 0.408 e. The molecule has 0 rings (SSSR count). The second-order valence-electron chi connectivity index (χ2n) is 10.3. The molecule has 0 aromatic rings. The highest BCUT2D eigenvalue weighted by atomic mass is 16.6. The van der Waals surface area contributed by atoms with Gasteiger partial charge in [-0.2, -0.15) is 0 Å². The lowest BCUT2D eigenvalue weighted by Crippen LogP contribution is -2.43. The van der Waals surface area contributed by atoms with Gasteiger partial charge in [0.25, 0.3) is 0 Å². The first-order chi connectivity index (χ1) is 11.6. The standard InChI is InChI=1S/C9H19NO2.C6H13NO.C5H11NO/c1-8(2,3)10-7(11)12-9(4,5)6;1-5(8)7-6(2,3)4;1-5(2,3)6-4-7/h1-6H3,(H,10,11);1-4H3,(H,7,8);4H,1-3H3,(H,6,7). The van der Waals surface area contributed by atoms with Gasteiger partial charge in [-0.3, -0.25) is 9.59 Å². The molecule has 0 saturated carbocycles. The largest absolute Gasteiger partial charge is 0.444 e. The molecule has 0 atom stereocenters. The van der Waals surface area contributed by atoms with E-state index in [1.807, 2.05) is 83.1 Å². The maximum absolute atomic E-state index is 11.1. The van der Waals surface area contributed by atoms with Gasteiger partial charge in [-0.1, -0.05) is 0 Å². The number of nitrogens with one attached hydrogen (secondary N) is 3. The number of ether oxygens (including phenoxy) is 1. The molecule has 0 saturated heterocycles. The van der Waals surface area contributed by atoms with Crippen LogP contribution in [0.3, 0.4) is 0 Å². The Morgan fingerprint density at radius 2 is 1.07 bits per heavy atom. The Morgan fingerprint density at radius 3 is 1.19 bits per heavy atom. The van der Waals surface area contributed by atoms with Crippen molar-refractivity contribution in [2.45, 2.75) is 112 Å². The number of hydrogen-bond donors (Lipinski definition) is 3. The van der Waals surface area contributed by atoms with E-state index in [9.17, 15) is 14.4 Å². The molecule has 7 heteroatoms. The first-order valence-electron chi connectivity index (χ1n) is 9.09. The normalized spacial score (nSPS) is 11.6. The van der Waals surface area contributed by atoms with E-state index in [0.29, 0.717) is 6.41 Å². The highest BCUT2D eigenvalue weighted by Gasteiger charge is 2.20. The van der Waals surface area contributed by atoms with Crippen molar-refractivity contribution in [2.24, 2.45) is 0 Å². The summed E-state index contributed by atoms with van der Waals surface area (Å²) in [4.78, 5) is 31.2. The molecule has 3 N–H and O–H groups in total. The van der Waals surface area contributed by atoms with Crippen LogP contribution in [0.1, 0.15) is 90.0 Å². The van der Waals surface area contributed by atoms with Crippen LogP contribution in [-0.2, 0) is 14.3 Å². The lowest BCUT2D eigenvalue weighted by atomic mass is 10.1. The summed E-state index contributed by atoms with van der Waals surface area (Å²) in [5.41, 5.74) is -0.800. The minimum Gasteiger partial charge on any atom is -0.444 e. The van der Waals surface area contributed by atoms with E-state index in [4.69, 9.17) is 4.74 Å². The van der Waals surface area contributed by atoms with Crippen LogP contribution in [-0.4, -0.2) is 40.6 Å². The molecule has 0 radical (unpaired) electrons. The van der Waals surface area contributed by atoms with Crippen LogP contribution >= 0.6 is 0 Å². The molecule has 0 aromatic heterocycles. The first kappa shape index (κ1) is 30.0. The van der Waals surface area contributed by atoms with Crippen molar-refractivity contribution in [3.63, 3.8) is 0 Å². The maximum atomic E-state index is 11.1. The minimum atomic E-state index is -0.421. The summed E-state index contributed by atoms with van der Waals surface area (Å²) in [6.07, 6.45) is 0.343. The fourth-order valence-electron chi connectivity index (χ4n) is 1.31. The summed E-state index contributed by atoms with van der Waals surface area (Å²) in [7, 11) is 0. The summed E-state index contributed by atoms with van der Waals surface area (Å²) < 4.78 is 5.06. The van der Waals surface area contributed by atoms with E-state index in [-0.39, 0.29) is 28.6 Å². The molecule has 0 heterocycles. The highest BCUT2D eigenvalue weighted by molar-refractivity contribution is 5.73. The number of carbonyl (C=O) groups excluding carboxylic acids is 3. The van der Waals surface area contributed by atoms with Crippen LogP contribution < -0.4 is 16.0 Å². The van der Waals surface area contributed by atoms with Gasteiger partial charge >= 0.3 is 6.09 Å². The molecule has 0 aromatic carbocycles. The Hall–Kier alpha value is -1.79. The topological polar surface area (TPSA) is 96.5 Å². The van der Waals surface area contributed by atoms with E-state index in [1.54, 1.807) is 0 Å². The van der Waals surface area contributed by atoms with Crippen molar-refractivity contribution in [3.8, 4) is 0 Å². The van der Waals surface area contributed by atoms with Crippen molar-refractivity contribution in [2.75, 3.05) is 0 Å². The number of rotatable bonds is 1. The van der Waals surface area contributed by atoms with Crippen molar-refractivity contribution in [1.82, 2.24) is 16.0 Å². The Kier molecular flexibility index (Phi) is 13.1. The third-order valence-corrected chi connectivity index (χ3v) is 1.92. The molecule has 3 amide bonds. The number of alkyl carbamates (subject to hydrolysis) is 1. The monoisotopic (exact) mass is 389 g/mol. The Bertz CT molecular complexity index is 430. The van der Waals surface area contributed by atoms with E-state index >= 15 is 0 Å². The van der Waals surface area contributed by atoms with E-state index in [0.717, 1.165) is 0 Å². The van der Waals surface area contributed by atoms with Crippen LogP contribution in [0.5, 0.6) is 0 Å². The SMILES string of the molecule is CC(=O)NC(C)(C)C.CC(C)(C)NC(=O)OC(C)(C)C.CC(C)(C)NC=O. The number of carbonyl (C=O) groups is 3. The number of hydrogen-bond acceptors (Lipinski definition) is 4. The summed E-state index contributed by atoms with van der Waals surface area (Å²) in [5.74, 6) is 0.0255. The second-order valence-corrected chi connectivity index (χ2v) is 10.3. The minimum absolute atomic E-state index is 0.0255. The van der Waals surface area contributed by atoms with Gasteiger partial charge in [0.1, 0.15) is 5.60 Å². The zero-order valence-corrected chi connectivity index (χ0v) is 19.7. The Labute approximate surface area is 166 Å². The van der Waals surface area contributed by atoms with Crippen molar-refractivity contribution in [3.05, 3.63) is 0 Å². The Balaban J connectivity index is -0.000000336. The average Bonchev–Trinajstić information content (AvgIpc) is 2.18. The molecular weight excluding hydrogens is 346 g/mol. The van der Waals surface area contributed by atoms with Crippen molar-refractivity contribution in [1.29, 1.82) is 0 Å². The summed E-state index contributed by atoms with van der Waals surface area (Å²) >= 11 is 0. The second kappa shape index (κ2) is 11.8. The first-order valence-corrected chi connectivity index (χ1v) is 9.09.